The average molecular weight is 311 g/mol. The van der Waals surface area contributed by atoms with Crippen LogP contribution in [0.25, 0.3) is 0 Å². The van der Waals surface area contributed by atoms with E-state index in [2.05, 4.69) is 20.9 Å². The second-order valence-corrected chi connectivity index (χ2v) is 4.63. The zero-order valence-electron chi connectivity index (χ0n) is 9.63. The fraction of sp³-hybridized carbons (Fsp3) is 0.167. The van der Waals surface area contributed by atoms with Crippen LogP contribution in [0.2, 0.25) is 0 Å². The van der Waals surface area contributed by atoms with Gasteiger partial charge in [-0.15, -0.1) is 0 Å². The minimum Gasteiger partial charge on any atom is -0.487 e. The predicted octanol–water partition coefficient (Wildman–Crippen LogP) is 2.46. The van der Waals surface area contributed by atoms with Gasteiger partial charge in [0.1, 0.15) is 12.4 Å². The third-order valence-electron chi connectivity index (χ3n) is 2.30. The molecule has 6 heteroatoms. The number of carboxylic acid groups (broad SMARTS) is 1. The highest BCUT2D eigenvalue weighted by Gasteiger charge is 2.12. The summed E-state index contributed by atoms with van der Waals surface area (Å²) >= 11 is 3.35. The summed E-state index contributed by atoms with van der Waals surface area (Å²) in [6.07, 6.45) is 1.64. The van der Waals surface area contributed by atoms with Crippen LogP contribution < -0.4 is 4.74 Å². The Morgan fingerprint density at radius 2 is 2.33 bits per heavy atom. The van der Waals surface area contributed by atoms with E-state index in [-0.39, 0.29) is 12.4 Å². The van der Waals surface area contributed by atoms with Gasteiger partial charge in [0.25, 0.3) is 0 Å². The molecular weight excluding hydrogens is 300 g/mol. The van der Waals surface area contributed by atoms with E-state index >= 15 is 0 Å². The van der Waals surface area contributed by atoms with Gasteiger partial charge < -0.3 is 14.4 Å². The number of aromatic carboxylic acids is 1. The van der Waals surface area contributed by atoms with E-state index in [1.165, 1.54) is 4.57 Å². The summed E-state index contributed by atoms with van der Waals surface area (Å²) < 4.78 is 7.91. The van der Waals surface area contributed by atoms with Crippen LogP contribution in [0.1, 0.15) is 16.3 Å². The van der Waals surface area contributed by atoms with E-state index in [0.29, 0.717) is 11.4 Å². The smallest absolute Gasteiger partial charge is 0.372 e. The maximum atomic E-state index is 10.8. The molecule has 18 heavy (non-hydrogen) atoms. The van der Waals surface area contributed by atoms with E-state index in [9.17, 15) is 4.79 Å². The van der Waals surface area contributed by atoms with Crippen molar-refractivity contribution in [2.45, 2.75) is 6.61 Å². The number of carbonyl (C=O) groups is 1. The monoisotopic (exact) mass is 310 g/mol. The third kappa shape index (κ3) is 2.89. The predicted molar refractivity (Wildman–Crippen MR) is 68.6 cm³/mol. The number of carboxylic acids is 1. The number of rotatable bonds is 4. The molecule has 0 unspecified atom stereocenters. The topological polar surface area (TPSA) is 64.4 Å². The van der Waals surface area contributed by atoms with E-state index in [1.807, 2.05) is 24.3 Å². The maximum absolute atomic E-state index is 10.8. The van der Waals surface area contributed by atoms with Crippen molar-refractivity contribution in [3.8, 4) is 5.75 Å². The fourth-order valence-corrected chi connectivity index (χ4v) is 1.89. The Bertz CT molecular complexity index is 580. The Labute approximate surface area is 112 Å². The van der Waals surface area contributed by atoms with Crippen molar-refractivity contribution < 1.29 is 14.6 Å². The van der Waals surface area contributed by atoms with Gasteiger partial charge in [-0.1, -0.05) is 22.0 Å². The number of benzene rings is 1. The van der Waals surface area contributed by atoms with Crippen molar-refractivity contribution in [3.05, 3.63) is 46.5 Å². The van der Waals surface area contributed by atoms with Gasteiger partial charge in [-0.3, -0.25) is 0 Å². The first-order valence-corrected chi connectivity index (χ1v) is 5.99. The number of halogens is 1. The van der Waals surface area contributed by atoms with Gasteiger partial charge in [0.2, 0.25) is 5.82 Å². The van der Waals surface area contributed by atoms with Crippen molar-refractivity contribution in [1.29, 1.82) is 0 Å². The van der Waals surface area contributed by atoms with E-state index in [1.54, 1.807) is 13.2 Å². The Balaban J connectivity index is 2.06. The fourth-order valence-electron chi connectivity index (χ4n) is 1.51. The van der Waals surface area contributed by atoms with Crippen LogP contribution >= 0.6 is 15.9 Å². The van der Waals surface area contributed by atoms with Crippen molar-refractivity contribution >= 4 is 21.9 Å². The molecule has 1 heterocycles. The van der Waals surface area contributed by atoms with Crippen molar-refractivity contribution in [2.75, 3.05) is 0 Å². The van der Waals surface area contributed by atoms with Crippen LogP contribution in [-0.2, 0) is 13.7 Å². The standard InChI is InChI=1S/C12H11BrN2O3/c1-15-6-9(14-11(15)12(16)17)7-18-10-4-2-3-8(13)5-10/h2-6H,7H2,1H3,(H,16,17). The molecule has 0 saturated carbocycles. The molecular formula is C12H11BrN2O3. The molecule has 1 N–H and O–H groups in total. The number of aromatic nitrogens is 2. The highest BCUT2D eigenvalue weighted by Crippen LogP contribution is 2.18. The molecule has 0 amide bonds. The lowest BCUT2D eigenvalue weighted by Gasteiger charge is -2.03. The molecule has 0 fully saturated rings. The van der Waals surface area contributed by atoms with Crippen molar-refractivity contribution in [3.63, 3.8) is 0 Å². The molecule has 0 aliphatic carbocycles. The summed E-state index contributed by atoms with van der Waals surface area (Å²) in [5.74, 6) is -0.346. The second-order valence-electron chi connectivity index (χ2n) is 3.72. The van der Waals surface area contributed by atoms with Gasteiger partial charge in [-0.25, -0.2) is 9.78 Å². The summed E-state index contributed by atoms with van der Waals surface area (Å²) in [7, 11) is 1.64. The summed E-state index contributed by atoms with van der Waals surface area (Å²) in [6, 6.07) is 7.42. The molecule has 5 nitrogen and oxygen atoms in total. The van der Waals surface area contributed by atoms with Gasteiger partial charge in [-0.2, -0.15) is 0 Å². The summed E-state index contributed by atoms with van der Waals surface area (Å²) in [5.41, 5.74) is 0.579. The number of hydrogen-bond acceptors (Lipinski definition) is 3. The zero-order valence-corrected chi connectivity index (χ0v) is 11.2. The van der Waals surface area contributed by atoms with Crippen molar-refractivity contribution in [2.24, 2.45) is 7.05 Å². The van der Waals surface area contributed by atoms with Gasteiger partial charge in [0.15, 0.2) is 0 Å². The SMILES string of the molecule is Cn1cc(COc2cccc(Br)c2)nc1C(=O)O. The molecule has 2 rings (SSSR count). The largest absolute Gasteiger partial charge is 0.487 e. The molecule has 0 saturated heterocycles. The first-order valence-electron chi connectivity index (χ1n) is 5.20. The minimum atomic E-state index is -1.05. The van der Waals surface area contributed by atoms with Crippen molar-refractivity contribution in [1.82, 2.24) is 9.55 Å². The highest BCUT2D eigenvalue weighted by atomic mass is 79.9. The van der Waals surface area contributed by atoms with Gasteiger partial charge in [-0.05, 0) is 18.2 Å². The van der Waals surface area contributed by atoms with Crippen LogP contribution in [-0.4, -0.2) is 20.6 Å². The summed E-state index contributed by atoms with van der Waals surface area (Å²) in [4.78, 5) is 14.8. The van der Waals surface area contributed by atoms with Crippen LogP contribution in [0.15, 0.2) is 34.9 Å². The molecule has 94 valence electrons. The molecule has 0 bridgehead atoms. The highest BCUT2D eigenvalue weighted by molar-refractivity contribution is 9.10. The average Bonchev–Trinajstić information content (AvgIpc) is 2.68. The molecule has 0 aliphatic heterocycles. The molecule has 2 aromatic rings. The van der Waals surface area contributed by atoms with Gasteiger partial charge >= 0.3 is 5.97 Å². The number of imidazole rings is 1. The van der Waals surface area contributed by atoms with E-state index < -0.39 is 5.97 Å². The van der Waals surface area contributed by atoms with Crippen LogP contribution in [0.5, 0.6) is 5.75 Å². The molecule has 1 aromatic carbocycles. The van der Waals surface area contributed by atoms with Crippen LogP contribution in [0, 0.1) is 0 Å². The zero-order chi connectivity index (χ0) is 13.1. The molecule has 0 radical (unpaired) electrons. The minimum absolute atomic E-state index is 0.00263. The Morgan fingerprint density at radius 3 is 2.94 bits per heavy atom. The maximum Gasteiger partial charge on any atom is 0.372 e. The number of nitrogens with zero attached hydrogens (tertiary/aromatic N) is 2. The summed E-state index contributed by atoms with van der Waals surface area (Å²) in [6.45, 7) is 0.234. The third-order valence-corrected chi connectivity index (χ3v) is 2.79. The Kier molecular flexibility index (Phi) is 3.66. The van der Waals surface area contributed by atoms with Crippen LogP contribution in [0.4, 0.5) is 0 Å². The molecule has 0 aliphatic rings. The lowest BCUT2D eigenvalue weighted by atomic mass is 10.3. The van der Waals surface area contributed by atoms with Crippen LogP contribution in [0.3, 0.4) is 0 Å². The first-order chi connectivity index (χ1) is 8.56. The first kappa shape index (κ1) is 12.6. The van der Waals surface area contributed by atoms with E-state index in [0.717, 1.165) is 4.47 Å². The molecule has 0 spiro atoms. The lowest BCUT2D eigenvalue weighted by molar-refractivity contribution is 0.0679. The second kappa shape index (κ2) is 5.22. The van der Waals surface area contributed by atoms with Gasteiger partial charge in [0.05, 0.1) is 5.69 Å². The quantitative estimate of drug-likeness (QED) is 0.942. The van der Waals surface area contributed by atoms with E-state index in [4.69, 9.17) is 9.84 Å². The molecule has 0 atom stereocenters. The Morgan fingerprint density at radius 1 is 1.56 bits per heavy atom. The Hall–Kier alpha value is -1.82. The van der Waals surface area contributed by atoms with Gasteiger partial charge in [0, 0.05) is 17.7 Å². The lowest BCUT2D eigenvalue weighted by Crippen LogP contribution is -2.05. The number of ether oxygens (including phenoxy) is 1. The normalized spacial score (nSPS) is 10.3. The number of hydrogen-bond donors (Lipinski definition) is 1. The molecule has 1 aromatic heterocycles. The number of aryl methyl sites for hydroxylation is 1. The summed E-state index contributed by atoms with van der Waals surface area (Å²) in [5, 5.41) is 8.87.